The van der Waals surface area contributed by atoms with Crippen molar-refractivity contribution in [1.82, 2.24) is 9.78 Å². The van der Waals surface area contributed by atoms with Crippen molar-refractivity contribution in [3.8, 4) is 0 Å². The van der Waals surface area contributed by atoms with E-state index in [1.807, 2.05) is 13.1 Å². The van der Waals surface area contributed by atoms with Crippen LogP contribution in [-0.2, 0) is 0 Å². The summed E-state index contributed by atoms with van der Waals surface area (Å²) in [5.74, 6) is 2.85. The Morgan fingerprint density at radius 1 is 1.25 bits per heavy atom. The Kier molecular flexibility index (Phi) is 2.41. The van der Waals surface area contributed by atoms with Crippen LogP contribution in [0.4, 0.5) is 5.82 Å². The molecule has 0 aromatic carbocycles. The Bertz CT molecular complexity index is 379. The van der Waals surface area contributed by atoms with Crippen molar-refractivity contribution in [2.75, 3.05) is 5.73 Å². The monoisotopic (exact) mass is 219 g/mol. The van der Waals surface area contributed by atoms with Gasteiger partial charge in [0.1, 0.15) is 5.82 Å². The largest absolute Gasteiger partial charge is 0.384 e. The molecule has 1 heterocycles. The van der Waals surface area contributed by atoms with E-state index in [1.165, 1.54) is 38.5 Å². The zero-order valence-corrected chi connectivity index (χ0v) is 10.0. The van der Waals surface area contributed by atoms with Gasteiger partial charge in [-0.2, -0.15) is 5.10 Å². The summed E-state index contributed by atoms with van der Waals surface area (Å²) in [4.78, 5) is 0. The molecule has 3 rings (SSSR count). The van der Waals surface area contributed by atoms with Crippen LogP contribution in [0.25, 0.3) is 0 Å². The van der Waals surface area contributed by atoms with Crippen LogP contribution in [0, 0.1) is 18.8 Å². The van der Waals surface area contributed by atoms with Crippen molar-refractivity contribution in [3.63, 3.8) is 0 Å². The lowest BCUT2D eigenvalue weighted by Gasteiger charge is -2.30. The fourth-order valence-electron chi connectivity index (χ4n) is 3.17. The number of aryl methyl sites for hydroxylation is 1. The van der Waals surface area contributed by atoms with E-state index < -0.39 is 0 Å². The van der Waals surface area contributed by atoms with Crippen molar-refractivity contribution in [3.05, 3.63) is 11.8 Å². The Morgan fingerprint density at radius 3 is 2.69 bits per heavy atom. The lowest BCUT2D eigenvalue weighted by Crippen LogP contribution is -2.22. The third kappa shape index (κ3) is 1.72. The molecule has 2 aliphatic carbocycles. The van der Waals surface area contributed by atoms with Crippen LogP contribution in [0.2, 0.25) is 0 Å². The van der Waals surface area contributed by atoms with Gasteiger partial charge in [-0.05, 0) is 44.4 Å². The first kappa shape index (κ1) is 10.2. The number of rotatable bonds is 2. The standard InChI is InChI=1S/C13H21N3/c1-9-8-15-16(13(9)14)12-4-2-3-11(7-12)10-5-6-10/h8,10-12H,2-7,14H2,1H3. The molecule has 2 N–H and O–H groups in total. The molecule has 0 bridgehead atoms. The van der Waals surface area contributed by atoms with Gasteiger partial charge in [-0.15, -0.1) is 0 Å². The number of anilines is 1. The fourth-order valence-corrected chi connectivity index (χ4v) is 3.17. The Morgan fingerprint density at radius 2 is 2.06 bits per heavy atom. The van der Waals surface area contributed by atoms with E-state index in [2.05, 4.69) is 9.78 Å². The molecular formula is C13H21N3. The molecule has 2 saturated carbocycles. The fraction of sp³-hybridized carbons (Fsp3) is 0.769. The Labute approximate surface area is 97.0 Å². The maximum Gasteiger partial charge on any atom is 0.124 e. The third-order valence-corrected chi connectivity index (χ3v) is 4.35. The highest BCUT2D eigenvalue weighted by Crippen LogP contribution is 2.46. The summed E-state index contributed by atoms with van der Waals surface area (Å²) in [5, 5.41) is 4.44. The van der Waals surface area contributed by atoms with E-state index in [1.54, 1.807) is 0 Å². The van der Waals surface area contributed by atoms with E-state index in [4.69, 9.17) is 5.73 Å². The molecule has 0 saturated heterocycles. The Hall–Kier alpha value is -0.990. The third-order valence-electron chi connectivity index (χ3n) is 4.35. The van der Waals surface area contributed by atoms with Gasteiger partial charge in [-0.1, -0.05) is 12.8 Å². The second-order valence-corrected chi connectivity index (χ2v) is 5.58. The number of hydrogen-bond donors (Lipinski definition) is 1. The molecule has 16 heavy (non-hydrogen) atoms. The average Bonchev–Trinajstić information content (AvgIpc) is 3.08. The predicted octanol–water partition coefficient (Wildman–Crippen LogP) is 2.92. The minimum atomic E-state index is 0.563. The van der Waals surface area contributed by atoms with E-state index in [9.17, 15) is 0 Å². The van der Waals surface area contributed by atoms with Gasteiger partial charge in [-0.3, -0.25) is 0 Å². The van der Waals surface area contributed by atoms with Crippen LogP contribution in [0.5, 0.6) is 0 Å². The maximum absolute atomic E-state index is 6.07. The molecule has 1 aromatic heterocycles. The van der Waals surface area contributed by atoms with Crippen LogP contribution in [0.3, 0.4) is 0 Å². The SMILES string of the molecule is Cc1cnn(C2CCCC(C3CC3)C2)c1N. The molecular weight excluding hydrogens is 198 g/mol. The van der Waals surface area contributed by atoms with Crippen LogP contribution < -0.4 is 5.73 Å². The molecule has 3 heteroatoms. The lowest BCUT2D eigenvalue weighted by molar-refractivity contribution is 0.234. The second-order valence-electron chi connectivity index (χ2n) is 5.58. The molecule has 1 aromatic rings. The van der Waals surface area contributed by atoms with E-state index in [0.29, 0.717) is 6.04 Å². The number of nitrogens with zero attached hydrogens (tertiary/aromatic N) is 2. The first-order valence-corrected chi connectivity index (χ1v) is 6.55. The van der Waals surface area contributed by atoms with E-state index in [0.717, 1.165) is 23.2 Å². The van der Waals surface area contributed by atoms with Crippen LogP contribution in [-0.4, -0.2) is 9.78 Å². The number of hydrogen-bond acceptors (Lipinski definition) is 2. The summed E-state index contributed by atoms with van der Waals surface area (Å²) in [6.07, 6.45) is 10.2. The normalized spacial score (nSPS) is 30.6. The summed E-state index contributed by atoms with van der Waals surface area (Å²) >= 11 is 0. The van der Waals surface area contributed by atoms with Crippen molar-refractivity contribution < 1.29 is 0 Å². The highest BCUT2D eigenvalue weighted by molar-refractivity contribution is 5.37. The zero-order valence-electron chi connectivity index (χ0n) is 10.0. The smallest absolute Gasteiger partial charge is 0.124 e. The van der Waals surface area contributed by atoms with Gasteiger partial charge >= 0.3 is 0 Å². The molecule has 0 amide bonds. The van der Waals surface area contributed by atoms with Crippen LogP contribution >= 0.6 is 0 Å². The van der Waals surface area contributed by atoms with Crippen molar-refractivity contribution >= 4 is 5.82 Å². The minimum Gasteiger partial charge on any atom is -0.384 e. The van der Waals surface area contributed by atoms with Crippen molar-refractivity contribution in [1.29, 1.82) is 0 Å². The number of aromatic nitrogens is 2. The molecule has 0 radical (unpaired) electrons. The first-order chi connectivity index (χ1) is 7.75. The van der Waals surface area contributed by atoms with Gasteiger partial charge in [0.25, 0.3) is 0 Å². The molecule has 3 nitrogen and oxygen atoms in total. The van der Waals surface area contributed by atoms with Gasteiger partial charge in [0.2, 0.25) is 0 Å². The number of nitrogens with two attached hydrogens (primary N) is 1. The molecule has 2 aliphatic rings. The zero-order chi connectivity index (χ0) is 11.1. The number of nitrogen functional groups attached to an aromatic ring is 1. The van der Waals surface area contributed by atoms with Gasteiger partial charge in [0.15, 0.2) is 0 Å². The van der Waals surface area contributed by atoms with Gasteiger partial charge in [0.05, 0.1) is 12.2 Å². The molecule has 0 aliphatic heterocycles. The topological polar surface area (TPSA) is 43.8 Å². The van der Waals surface area contributed by atoms with Gasteiger partial charge in [-0.25, -0.2) is 4.68 Å². The lowest BCUT2D eigenvalue weighted by atomic mass is 9.83. The maximum atomic E-state index is 6.07. The molecule has 2 fully saturated rings. The Balaban J connectivity index is 1.76. The highest BCUT2D eigenvalue weighted by Gasteiger charge is 2.35. The van der Waals surface area contributed by atoms with Crippen LogP contribution in [0.15, 0.2) is 6.20 Å². The van der Waals surface area contributed by atoms with Gasteiger partial charge < -0.3 is 5.73 Å². The molecule has 2 unspecified atom stereocenters. The summed E-state index contributed by atoms with van der Waals surface area (Å²) in [7, 11) is 0. The predicted molar refractivity (Wildman–Crippen MR) is 65.1 cm³/mol. The summed E-state index contributed by atoms with van der Waals surface area (Å²) in [6.45, 7) is 2.04. The first-order valence-electron chi connectivity index (χ1n) is 6.55. The highest BCUT2D eigenvalue weighted by atomic mass is 15.3. The van der Waals surface area contributed by atoms with E-state index >= 15 is 0 Å². The average molecular weight is 219 g/mol. The summed E-state index contributed by atoms with van der Waals surface area (Å²) in [5.41, 5.74) is 7.19. The van der Waals surface area contributed by atoms with Gasteiger partial charge in [0, 0.05) is 5.56 Å². The second kappa shape index (κ2) is 3.79. The van der Waals surface area contributed by atoms with E-state index in [-0.39, 0.29) is 0 Å². The molecule has 0 spiro atoms. The minimum absolute atomic E-state index is 0.563. The van der Waals surface area contributed by atoms with Crippen molar-refractivity contribution in [2.24, 2.45) is 11.8 Å². The molecule has 88 valence electrons. The quantitative estimate of drug-likeness (QED) is 0.831. The van der Waals surface area contributed by atoms with Crippen LogP contribution in [0.1, 0.15) is 50.1 Å². The molecule has 2 atom stereocenters. The summed E-state index contributed by atoms with van der Waals surface area (Å²) < 4.78 is 2.07. The van der Waals surface area contributed by atoms with Crippen molar-refractivity contribution in [2.45, 2.75) is 51.5 Å². The summed E-state index contributed by atoms with van der Waals surface area (Å²) in [6, 6.07) is 0.563.